The standard InChI is InChI=1S/C9H16O2/c1-9(2)10-5-7-3-4-8(7)6-11-9/h7-8H,3-6H2,1-2H3. The molecule has 2 fully saturated rings. The summed E-state index contributed by atoms with van der Waals surface area (Å²) in [5, 5.41) is 0. The molecule has 64 valence electrons. The van der Waals surface area contributed by atoms with Gasteiger partial charge in [0.05, 0.1) is 13.2 Å². The zero-order chi connectivity index (χ0) is 7.90. The normalized spacial score (nSPS) is 42.0. The smallest absolute Gasteiger partial charge is 0.162 e. The van der Waals surface area contributed by atoms with Gasteiger partial charge in [-0.2, -0.15) is 0 Å². The van der Waals surface area contributed by atoms with E-state index < -0.39 is 0 Å². The maximum absolute atomic E-state index is 5.60. The van der Waals surface area contributed by atoms with Crippen LogP contribution in [0, 0.1) is 11.8 Å². The predicted octanol–water partition coefficient (Wildman–Crippen LogP) is 1.80. The molecule has 1 saturated carbocycles. The monoisotopic (exact) mass is 156 g/mol. The summed E-state index contributed by atoms with van der Waals surface area (Å²) in [6, 6.07) is 0. The van der Waals surface area contributed by atoms with Crippen molar-refractivity contribution in [3.05, 3.63) is 0 Å². The van der Waals surface area contributed by atoms with Crippen LogP contribution in [0.15, 0.2) is 0 Å². The molecule has 1 aliphatic carbocycles. The third kappa shape index (κ3) is 1.42. The van der Waals surface area contributed by atoms with Gasteiger partial charge in [0, 0.05) is 0 Å². The lowest BCUT2D eigenvalue weighted by atomic mass is 9.75. The molecule has 2 heteroatoms. The van der Waals surface area contributed by atoms with E-state index in [2.05, 4.69) is 0 Å². The van der Waals surface area contributed by atoms with Crippen LogP contribution in [-0.2, 0) is 9.47 Å². The molecular weight excluding hydrogens is 140 g/mol. The second-order valence-corrected chi connectivity index (χ2v) is 4.12. The van der Waals surface area contributed by atoms with Gasteiger partial charge in [-0.05, 0) is 38.5 Å². The van der Waals surface area contributed by atoms with Crippen LogP contribution in [0.2, 0.25) is 0 Å². The molecule has 0 aromatic carbocycles. The van der Waals surface area contributed by atoms with Crippen molar-refractivity contribution in [3.8, 4) is 0 Å². The van der Waals surface area contributed by atoms with E-state index in [9.17, 15) is 0 Å². The summed E-state index contributed by atoms with van der Waals surface area (Å²) in [5.74, 6) is 1.24. The Morgan fingerprint density at radius 2 is 1.45 bits per heavy atom. The Morgan fingerprint density at radius 1 is 1.00 bits per heavy atom. The van der Waals surface area contributed by atoms with Gasteiger partial charge in [-0.1, -0.05) is 0 Å². The Bertz CT molecular complexity index is 138. The SMILES string of the molecule is CC1(C)OCC2CCC2CO1. The minimum absolute atomic E-state index is 0.336. The summed E-state index contributed by atoms with van der Waals surface area (Å²) in [4.78, 5) is 0. The van der Waals surface area contributed by atoms with E-state index >= 15 is 0 Å². The van der Waals surface area contributed by atoms with Gasteiger partial charge in [-0.15, -0.1) is 0 Å². The molecule has 1 heterocycles. The average molecular weight is 156 g/mol. The Balaban J connectivity index is 1.97. The topological polar surface area (TPSA) is 18.5 Å². The highest BCUT2D eigenvalue weighted by atomic mass is 16.7. The molecule has 0 aromatic rings. The first-order chi connectivity index (χ1) is 5.17. The quantitative estimate of drug-likeness (QED) is 0.532. The minimum atomic E-state index is -0.336. The fourth-order valence-electron chi connectivity index (χ4n) is 1.73. The van der Waals surface area contributed by atoms with E-state index in [-0.39, 0.29) is 5.79 Å². The van der Waals surface area contributed by atoms with E-state index in [1.807, 2.05) is 13.8 Å². The first-order valence-corrected chi connectivity index (χ1v) is 4.45. The fourth-order valence-corrected chi connectivity index (χ4v) is 1.73. The molecule has 0 N–H and O–H groups in total. The van der Waals surface area contributed by atoms with Crippen molar-refractivity contribution in [1.29, 1.82) is 0 Å². The highest BCUT2D eigenvalue weighted by Gasteiger charge is 2.37. The molecule has 1 saturated heterocycles. The molecule has 11 heavy (non-hydrogen) atoms. The third-order valence-electron chi connectivity index (χ3n) is 2.86. The molecule has 0 amide bonds. The molecule has 2 aliphatic rings. The van der Waals surface area contributed by atoms with Gasteiger partial charge in [0.1, 0.15) is 0 Å². The van der Waals surface area contributed by atoms with Crippen molar-refractivity contribution < 1.29 is 9.47 Å². The summed E-state index contributed by atoms with van der Waals surface area (Å²) in [7, 11) is 0. The molecule has 0 spiro atoms. The number of hydrogen-bond acceptors (Lipinski definition) is 2. The van der Waals surface area contributed by atoms with Crippen molar-refractivity contribution in [1.82, 2.24) is 0 Å². The molecule has 2 rings (SSSR count). The summed E-state index contributed by atoms with van der Waals surface area (Å²) in [6.07, 6.45) is 2.67. The zero-order valence-corrected chi connectivity index (χ0v) is 7.30. The van der Waals surface area contributed by atoms with E-state index in [1.54, 1.807) is 0 Å². The summed E-state index contributed by atoms with van der Waals surface area (Å²) in [6.45, 7) is 5.80. The Kier molecular flexibility index (Phi) is 1.69. The summed E-state index contributed by atoms with van der Waals surface area (Å²) >= 11 is 0. The predicted molar refractivity (Wildman–Crippen MR) is 42.2 cm³/mol. The van der Waals surface area contributed by atoms with Crippen LogP contribution >= 0.6 is 0 Å². The van der Waals surface area contributed by atoms with Crippen LogP contribution in [0.1, 0.15) is 26.7 Å². The summed E-state index contributed by atoms with van der Waals surface area (Å²) < 4.78 is 11.2. The minimum Gasteiger partial charge on any atom is -0.350 e. The van der Waals surface area contributed by atoms with Crippen LogP contribution in [0.3, 0.4) is 0 Å². The van der Waals surface area contributed by atoms with Gasteiger partial charge in [0.2, 0.25) is 0 Å². The zero-order valence-electron chi connectivity index (χ0n) is 7.30. The van der Waals surface area contributed by atoms with Gasteiger partial charge in [-0.3, -0.25) is 0 Å². The molecule has 2 unspecified atom stereocenters. The highest BCUT2D eigenvalue weighted by molar-refractivity contribution is 4.83. The maximum atomic E-state index is 5.60. The van der Waals surface area contributed by atoms with Gasteiger partial charge in [0.25, 0.3) is 0 Å². The average Bonchev–Trinajstić information content (AvgIpc) is 1.91. The Labute approximate surface area is 67.9 Å². The summed E-state index contributed by atoms with van der Waals surface area (Å²) in [5.41, 5.74) is 0. The molecule has 0 aromatic heterocycles. The van der Waals surface area contributed by atoms with Crippen LogP contribution in [0.4, 0.5) is 0 Å². The van der Waals surface area contributed by atoms with Crippen molar-refractivity contribution in [2.75, 3.05) is 13.2 Å². The van der Waals surface area contributed by atoms with E-state index in [0.29, 0.717) is 0 Å². The molecular formula is C9H16O2. The lowest BCUT2D eigenvalue weighted by molar-refractivity contribution is -0.201. The second-order valence-electron chi connectivity index (χ2n) is 4.12. The van der Waals surface area contributed by atoms with Crippen LogP contribution in [0.5, 0.6) is 0 Å². The number of fused-ring (bicyclic) bond motifs is 1. The highest BCUT2D eigenvalue weighted by Crippen LogP contribution is 2.38. The first kappa shape index (κ1) is 7.56. The van der Waals surface area contributed by atoms with E-state index in [0.717, 1.165) is 25.0 Å². The molecule has 2 nitrogen and oxygen atoms in total. The van der Waals surface area contributed by atoms with Gasteiger partial charge in [-0.25, -0.2) is 0 Å². The first-order valence-electron chi connectivity index (χ1n) is 4.45. The van der Waals surface area contributed by atoms with Crippen molar-refractivity contribution in [2.45, 2.75) is 32.5 Å². The Hall–Kier alpha value is -0.0800. The number of rotatable bonds is 0. The molecule has 0 radical (unpaired) electrons. The van der Waals surface area contributed by atoms with Crippen LogP contribution in [0.25, 0.3) is 0 Å². The third-order valence-corrected chi connectivity index (χ3v) is 2.86. The van der Waals surface area contributed by atoms with E-state index in [4.69, 9.17) is 9.47 Å². The van der Waals surface area contributed by atoms with Crippen molar-refractivity contribution in [2.24, 2.45) is 11.8 Å². The second kappa shape index (κ2) is 2.46. The molecule has 2 atom stereocenters. The Morgan fingerprint density at radius 3 is 1.82 bits per heavy atom. The van der Waals surface area contributed by atoms with E-state index in [1.165, 1.54) is 12.8 Å². The molecule has 0 bridgehead atoms. The lowest BCUT2D eigenvalue weighted by Gasteiger charge is -2.33. The van der Waals surface area contributed by atoms with Gasteiger partial charge < -0.3 is 9.47 Å². The van der Waals surface area contributed by atoms with Crippen LogP contribution in [-0.4, -0.2) is 19.0 Å². The largest absolute Gasteiger partial charge is 0.350 e. The van der Waals surface area contributed by atoms with Gasteiger partial charge in [0.15, 0.2) is 5.79 Å². The van der Waals surface area contributed by atoms with Crippen LogP contribution < -0.4 is 0 Å². The van der Waals surface area contributed by atoms with Crippen molar-refractivity contribution >= 4 is 0 Å². The molecule has 1 aliphatic heterocycles. The number of hydrogen-bond donors (Lipinski definition) is 0. The van der Waals surface area contributed by atoms with Crippen molar-refractivity contribution in [3.63, 3.8) is 0 Å². The number of ether oxygens (including phenoxy) is 2. The lowest BCUT2D eigenvalue weighted by Crippen LogP contribution is -2.30. The fraction of sp³-hybridized carbons (Fsp3) is 1.00. The van der Waals surface area contributed by atoms with Gasteiger partial charge >= 0.3 is 0 Å². The maximum Gasteiger partial charge on any atom is 0.162 e.